The molecule has 1 N–H and O–H groups in total. The van der Waals surface area contributed by atoms with Crippen molar-refractivity contribution < 1.29 is 0 Å². The number of halogens is 1. The van der Waals surface area contributed by atoms with Crippen LogP contribution in [0.15, 0.2) is 18.6 Å². The molecule has 0 spiro atoms. The molecule has 0 atom stereocenters. The molecule has 0 bridgehead atoms. The molecule has 0 radical (unpaired) electrons. The number of aromatic nitrogens is 5. The number of fused-ring (bicyclic) bond motifs is 1. The number of imidazole rings is 1. The zero-order valence-corrected chi connectivity index (χ0v) is 11.6. The summed E-state index contributed by atoms with van der Waals surface area (Å²) in [7, 11) is 1.82. The minimum absolute atomic E-state index is 0.654. The third kappa shape index (κ3) is 1.76. The molecule has 3 aromatic heterocycles. The molecule has 0 saturated heterocycles. The highest BCUT2D eigenvalue weighted by atomic mass is 35.5. The highest BCUT2D eigenvalue weighted by Gasteiger charge is 2.16. The Bertz CT molecular complexity index is 757. The summed E-state index contributed by atoms with van der Waals surface area (Å²) in [5, 5.41) is 8.11. The molecule has 3 rings (SSSR count). The van der Waals surface area contributed by atoms with Crippen LogP contribution < -0.4 is 5.32 Å². The average molecular weight is 277 g/mol. The first-order valence-electron chi connectivity index (χ1n) is 5.85. The van der Waals surface area contributed by atoms with Crippen LogP contribution in [-0.2, 0) is 0 Å². The molecule has 3 heterocycles. The minimum atomic E-state index is 0.654. The Kier molecular flexibility index (Phi) is 2.67. The van der Waals surface area contributed by atoms with Gasteiger partial charge in [0.1, 0.15) is 5.82 Å². The molecule has 0 aliphatic rings. The lowest BCUT2D eigenvalue weighted by molar-refractivity contribution is 0.804. The zero-order chi connectivity index (χ0) is 13.6. The summed E-state index contributed by atoms with van der Waals surface area (Å²) in [5.41, 5.74) is 2.37. The number of anilines is 1. The number of nitrogens with zero attached hydrogens (tertiary/aromatic N) is 5. The maximum atomic E-state index is 6.19. The molecule has 6 nitrogen and oxygen atoms in total. The van der Waals surface area contributed by atoms with Gasteiger partial charge in [-0.3, -0.25) is 0 Å². The Morgan fingerprint density at radius 1 is 1.32 bits per heavy atom. The largest absolute Gasteiger partial charge is 0.372 e. The summed E-state index contributed by atoms with van der Waals surface area (Å²) >= 11 is 6.19. The van der Waals surface area contributed by atoms with Crippen molar-refractivity contribution in [3.05, 3.63) is 35.0 Å². The highest BCUT2D eigenvalue weighted by molar-refractivity contribution is 6.31. The zero-order valence-electron chi connectivity index (χ0n) is 10.8. The van der Waals surface area contributed by atoms with Crippen LogP contribution >= 0.6 is 11.6 Å². The minimum Gasteiger partial charge on any atom is -0.372 e. The van der Waals surface area contributed by atoms with Crippen molar-refractivity contribution in [3.63, 3.8) is 0 Å². The predicted molar refractivity (Wildman–Crippen MR) is 74.1 cm³/mol. The van der Waals surface area contributed by atoms with Crippen LogP contribution in [0, 0.1) is 13.8 Å². The second-order valence-electron chi connectivity index (χ2n) is 4.25. The van der Waals surface area contributed by atoms with Gasteiger partial charge in [0.05, 0.1) is 22.6 Å². The Balaban J connectivity index is 2.34. The smallest absolute Gasteiger partial charge is 0.199 e. The van der Waals surface area contributed by atoms with Crippen LogP contribution in [0.1, 0.15) is 11.4 Å². The second-order valence-corrected chi connectivity index (χ2v) is 4.63. The van der Waals surface area contributed by atoms with Gasteiger partial charge in [-0.25, -0.2) is 14.6 Å². The van der Waals surface area contributed by atoms with Crippen molar-refractivity contribution >= 4 is 23.1 Å². The fraction of sp³-hybridized carbons (Fsp3) is 0.250. The van der Waals surface area contributed by atoms with Crippen LogP contribution in [0.4, 0.5) is 5.82 Å². The predicted octanol–water partition coefficient (Wildman–Crippen LogP) is 2.23. The van der Waals surface area contributed by atoms with Crippen molar-refractivity contribution in [1.29, 1.82) is 0 Å². The molecule has 0 unspecified atom stereocenters. The monoisotopic (exact) mass is 276 g/mol. The van der Waals surface area contributed by atoms with E-state index in [2.05, 4.69) is 20.4 Å². The molecule has 98 valence electrons. The molecule has 0 fully saturated rings. The van der Waals surface area contributed by atoms with Crippen molar-refractivity contribution in [1.82, 2.24) is 24.1 Å². The highest BCUT2D eigenvalue weighted by Crippen LogP contribution is 2.24. The average Bonchev–Trinajstić information content (AvgIpc) is 2.98. The first kappa shape index (κ1) is 12.0. The maximum absolute atomic E-state index is 6.19. The Morgan fingerprint density at radius 3 is 2.74 bits per heavy atom. The fourth-order valence-corrected chi connectivity index (χ4v) is 2.13. The van der Waals surface area contributed by atoms with Gasteiger partial charge in [0.25, 0.3) is 0 Å². The van der Waals surface area contributed by atoms with Gasteiger partial charge in [-0.15, -0.1) is 0 Å². The van der Waals surface area contributed by atoms with E-state index in [0.717, 1.165) is 22.9 Å². The van der Waals surface area contributed by atoms with E-state index in [1.54, 1.807) is 10.9 Å². The molecule has 19 heavy (non-hydrogen) atoms. The standard InChI is InChI=1S/C12H13ClN6/c1-7-10(13)8(2)19(17-7)12-11-15-4-5-18(11)6-9(14-3)16-12/h4-6,14H,1-3H3. The van der Waals surface area contributed by atoms with Crippen molar-refractivity contribution in [2.75, 3.05) is 12.4 Å². The van der Waals surface area contributed by atoms with E-state index in [0.29, 0.717) is 10.8 Å². The van der Waals surface area contributed by atoms with Crippen LogP contribution in [0.5, 0.6) is 0 Å². The number of hydrogen-bond acceptors (Lipinski definition) is 4. The summed E-state index contributed by atoms with van der Waals surface area (Å²) < 4.78 is 3.62. The number of rotatable bonds is 2. The van der Waals surface area contributed by atoms with Gasteiger partial charge in [-0.05, 0) is 13.8 Å². The van der Waals surface area contributed by atoms with Gasteiger partial charge in [0.15, 0.2) is 11.5 Å². The number of aryl methyl sites for hydroxylation is 1. The van der Waals surface area contributed by atoms with Crippen LogP contribution in [0.2, 0.25) is 5.02 Å². The summed E-state index contributed by atoms with van der Waals surface area (Å²) in [6, 6.07) is 0. The summed E-state index contributed by atoms with van der Waals surface area (Å²) in [6.45, 7) is 3.78. The topological polar surface area (TPSA) is 60.0 Å². The van der Waals surface area contributed by atoms with E-state index >= 15 is 0 Å². The van der Waals surface area contributed by atoms with Gasteiger partial charge in [-0.2, -0.15) is 5.10 Å². The van der Waals surface area contributed by atoms with Gasteiger partial charge in [0.2, 0.25) is 0 Å². The molecule has 7 heteroatoms. The van der Waals surface area contributed by atoms with E-state index < -0.39 is 0 Å². The van der Waals surface area contributed by atoms with E-state index in [4.69, 9.17) is 11.6 Å². The molecular weight excluding hydrogens is 264 g/mol. The third-order valence-electron chi connectivity index (χ3n) is 3.02. The van der Waals surface area contributed by atoms with E-state index in [1.807, 2.05) is 37.7 Å². The van der Waals surface area contributed by atoms with E-state index in [-0.39, 0.29) is 0 Å². The van der Waals surface area contributed by atoms with Crippen molar-refractivity contribution in [2.24, 2.45) is 0 Å². The number of hydrogen-bond donors (Lipinski definition) is 1. The Labute approximate surface area is 115 Å². The summed E-state index contributed by atoms with van der Waals surface area (Å²) in [5.74, 6) is 1.40. The molecule has 0 aliphatic carbocycles. The quantitative estimate of drug-likeness (QED) is 0.780. The fourth-order valence-electron chi connectivity index (χ4n) is 2.01. The number of nitrogens with one attached hydrogen (secondary N) is 1. The second kappa shape index (κ2) is 4.24. The first-order chi connectivity index (χ1) is 9.11. The first-order valence-corrected chi connectivity index (χ1v) is 6.23. The molecule has 0 aromatic carbocycles. The lowest BCUT2D eigenvalue weighted by Crippen LogP contribution is -2.07. The third-order valence-corrected chi connectivity index (χ3v) is 3.56. The summed E-state index contributed by atoms with van der Waals surface area (Å²) in [4.78, 5) is 8.84. The van der Waals surface area contributed by atoms with Gasteiger partial charge in [0, 0.05) is 19.4 Å². The Hall–Kier alpha value is -2.08. The van der Waals surface area contributed by atoms with Crippen LogP contribution in [-0.4, -0.2) is 31.2 Å². The molecule has 0 amide bonds. The SMILES string of the molecule is CNc1cn2ccnc2c(-n2nc(C)c(Cl)c2C)n1. The van der Waals surface area contributed by atoms with Crippen LogP contribution in [0.25, 0.3) is 11.5 Å². The Morgan fingerprint density at radius 2 is 2.11 bits per heavy atom. The normalized spacial score (nSPS) is 11.2. The molecule has 3 aromatic rings. The maximum Gasteiger partial charge on any atom is 0.199 e. The summed E-state index contributed by atoms with van der Waals surface area (Å²) in [6.07, 6.45) is 5.47. The lowest BCUT2D eigenvalue weighted by atomic mass is 10.4. The lowest BCUT2D eigenvalue weighted by Gasteiger charge is -2.08. The van der Waals surface area contributed by atoms with Gasteiger partial charge >= 0.3 is 0 Å². The van der Waals surface area contributed by atoms with Crippen molar-refractivity contribution in [3.8, 4) is 5.82 Å². The van der Waals surface area contributed by atoms with E-state index in [1.165, 1.54) is 0 Å². The van der Waals surface area contributed by atoms with Crippen LogP contribution in [0.3, 0.4) is 0 Å². The van der Waals surface area contributed by atoms with E-state index in [9.17, 15) is 0 Å². The van der Waals surface area contributed by atoms with Gasteiger partial charge < -0.3 is 9.72 Å². The molecular formula is C12H13ClN6. The molecule has 0 saturated carbocycles. The molecule has 0 aliphatic heterocycles. The van der Waals surface area contributed by atoms with Crippen molar-refractivity contribution in [2.45, 2.75) is 13.8 Å². The van der Waals surface area contributed by atoms with Gasteiger partial charge in [-0.1, -0.05) is 11.6 Å².